The van der Waals surface area contributed by atoms with Crippen LogP contribution in [0, 0.1) is 6.92 Å². The summed E-state index contributed by atoms with van der Waals surface area (Å²) in [4.78, 5) is 11.3. The molecule has 1 rings (SSSR count). The number of hydrogen-bond donors (Lipinski definition) is 1. The lowest BCUT2D eigenvalue weighted by Gasteiger charge is -2.17. The maximum atomic E-state index is 11.3. The molecule has 16 heavy (non-hydrogen) atoms. The lowest BCUT2D eigenvalue weighted by molar-refractivity contribution is -0.141. The van der Waals surface area contributed by atoms with Crippen molar-refractivity contribution in [2.45, 2.75) is 32.6 Å². The molecule has 0 saturated carbocycles. The molecule has 0 aromatic heterocycles. The molecule has 0 fully saturated rings. The van der Waals surface area contributed by atoms with Crippen molar-refractivity contribution < 1.29 is 9.53 Å². The number of nitrogen functional groups attached to an aromatic ring is 1. The molecule has 1 aromatic carbocycles. The van der Waals surface area contributed by atoms with Gasteiger partial charge in [0.25, 0.3) is 0 Å². The molecular weight excluding hydrogens is 202 g/mol. The van der Waals surface area contributed by atoms with Gasteiger partial charge in [0.15, 0.2) is 0 Å². The van der Waals surface area contributed by atoms with Gasteiger partial charge in [0.2, 0.25) is 0 Å². The van der Waals surface area contributed by atoms with Crippen LogP contribution in [-0.2, 0) is 9.53 Å². The predicted octanol–water partition coefficient (Wildman–Crippen LogP) is 2.63. The number of methoxy groups -OCH3 is 1. The first-order valence-corrected chi connectivity index (χ1v) is 5.52. The fourth-order valence-electron chi connectivity index (χ4n) is 1.87. The topological polar surface area (TPSA) is 52.3 Å². The molecule has 1 aromatic rings. The van der Waals surface area contributed by atoms with Crippen molar-refractivity contribution >= 4 is 11.7 Å². The molecule has 0 radical (unpaired) electrons. The molecule has 0 unspecified atom stereocenters. The standard InChI is InChI=1S/C13H19NO2/c1-4-10(8-13(15)16-3)11-6-5-7-12(14)9(11)2/h5-7,10H,4,8,14H2,1-3H3/t10-/m1/s1. The number of nitrogens with two attached hydrogens (primary N) is 1. The van der Waals surface area contributed by atoms with Gasteiger partial charge in [-0.3, -0.25) is 4.79 Å². The van der Waals surface area contributed by atoms with Crippen molar-refractivity contribution in [3.05, 3.63) is 29.3 Å². The van der Waals surface area contributed by atoms with Crippen molar-refractivity contribution in [2.75, 3.05) is 12.8 Å². The zero-order valence-corrected chi connectivity index (χ0v) is 10.1. The third-order valence-corrected chi connectivity index (χ3v) is 2.99. The van der Waals surface area contributed by atoms with E-state index in [-0.39, 0.29) is 11.9 Å². The first kappa shape index (κ1) is 12.6. The Morgan fingerprint density at radius 3 is 2.75 bits per heavy atom. The number of carbonyl (C=O) groups excluding carboxylic acids is 1. The van der Waals surface area contributed by atoms with Crippen molar-refractivity contribution in [3.8, 4) is 0 Å². The first-order valence-electron chi connectivity index (χ1n) is 5.52. The average Bonchev–Trinajstić information content (AvgIpc) is 2.29. The van der Waals surface area contributed by atoms with E-state index in [4.69, 9.17) is 10.5 Å². The molecule has 88 valence electrons. The van der Waals surface area contributed by atoms with E-state index >= 15 is 0 Å². The highest BCUT2D eigenvalue weighted by Crippen LogP contribution is 2.29. The number of hydrogen-bond acceptors (Lipinski definition) is 3. The lowest BCUT2D eigenvalue weighted by Crippen LogP contribution is -2.10. The molecule has 3 heteroatoms. The molecule has 0 aliphatic rings. The van der Waals surface area contributed by atoms with Crippen LogP contribution in [0.25, 0.3) is 0 Å². The second-order valence-electron chi connectivity index (χ2n) is 3.95. The molecule has 0 aliphatic heterocycles. The van der Waals surface area contributed by atoms with E-state index in [1.165, 1.54) is 7.11 Å². The summed E-state index contributed by atoms with van der Waals surface area (Å²) in [5, 5.41) is 0. The molecule has 0 amide bonds. The SMILES string of the molecule is CC[C@H](CC(=O)OC)c1cccc(N)c1C. The number of benzene rings is 1. The Hall–Kier alpha value is -1.51. The quantitative estimate of drug-likeness (QED) is 0.628. The normalized spacial score (nSPS) is 12.2. The molecule has 0 heterocycles. The molecule has 1 atom stereocenters. The van der Waals surface area contributed by atoms with E-state index in [1.807, 2.05) is 25.1 Å². The Morgan fingerprint density at radius 2 is 2.19 bits per heavy atom. The van der Waals surface area contributed by atoms with Crippen LogP contribution in [0.5, 0.6) is 0 Å². The van der Waals surface area contributed by atoms with Gasteiger partial charge < -0.3 is 10.5 Å². The van der Waals surface area contributed by atoms with Crippen LogP contribution in [0.15, 0.2) is 18.2 Å². The van der Waals surface area contributed by atoms with E-state index in [9.17, 15) is 4.79 Å². The van der Waals surface area contributed by atoms with Gasteiger partial charge in [0.1, 0.15) is 0 Å². The summed E-state index contributed by atoms with van der Waals surface area (Å²) < 4.78 is 4.70. The first-order chi connectivity index (χ1) is 7.60. The van der Waals surface area contributed by atoms with E-state index in [2.05, 4.69) is 6.92 Å². The third-order valence-electron chi connectivity index (χ3n) is 2.99. The summed E-state index contributed by atoms with van der Waals surface area (Å²) in [7, 11) is 1.42. The van der Waals surface area contributed by atoms with Crippen LogP contribution >= 0.6 is 0 Å². The van der Waals surface area contributed by atoms with E-state index in [1.54, 1.807) is 0 Å². The van der Waals surface area contributed by atoms with E-state index < -0.39 is 0 Å². The minimum atomic E-state index is -0.173. The molecule has 0 aliphatic carbocycles. The maximum absolute atomic E-state index is 11.3. The third kappa shape index (κ3) is 2.75. The summed E-state index contributed by atoms with van der Waals surface area (Å²) in [6, 6.07) is 5.84. The van der Waals surface area contributed by atoms with E-state index in [0.29, 0.717) is 6.42 Å². The van der Waals surface area contributed by atoms with Gasteiger partial charge in [-0.25, -0.2) is 0 Å². The maximum Gasteiger partial charge on any atom is 0.306 e. The average molecular weight is 221 g/mol. The molecule has 2 N–H and O–H groups in total. The minimum Gasteiger partial charge on any atom is -0.469 e. The fraction of sp³-hybridized carbons (Fsp3) is 0.462. The molecule has 3 nitrogen and oxygen atoms in total. The second kappa shape index (κ2) is 5.54. The highest BCUT2D eigenvalue weighted by Gasteiger charge is 2.17. The number of anilines is 1. The monoisotopic (exact) mass is 221 g/mol. The Labute approximate surface area is 96.6 Å². The Kier molecular flexibility index (Phi) is 4.35. The molecular formula is C13H19NO2. The summed E-state index contributed by atoms with van der Waals surface area (Å²) in [6.07, 6.45) is 1.32. The summed E-state index contributed by atoms with van der Waals surface area (Å²) in [5.41, 5.74) is 8.85. The zero-order chi connectivity index (χ0) is 12.1. The van der Waals surface area contributed by atoms with Crippen molar-refractivity contribution in [2.24, 2.45) is 0 Å². The lowest BCUT2D eigenvalue weighted by atomic mass is 9.89. The summed E-state index contributed by atoms with van der Waals surface area (Å²) >= 11 is 0. The Morgan fingerprint density at radius 1 is 1.50 bits per heavy atom. The minimum absolute atomic E-state index is 0.173. The van der Waals surface area contributed by atoms with Crippen LogP contribution in [0.3, 0.4) is 0 Å². The van der Waals surface area contributed by atoms with Crippen molar-refractivity contribution in [3.63, 3.8) is 0 Å². The number of carbonyl (C=O) groups is 1. The predicted molar refractivity (Wildman–Crippen MR) is 65.3 cm³/mol. The number of ether oxygens (including phenoxy) is 1. The molecule has 0 bridgehead atoms. The van der Waals surface area contributed by atoms with Gasteiger partial charge in [-0.15, -0.1) is 0 Å². The highest BCUT2D eigenvalue weighted by molar-refractivity contribution is 5.70. The van der Waals surface area contributed by atoms with Crippen LogP contribution < -0.4 is 5.73 Å². The van der Waals surface area contributed by atoms with Crippen molar-refractivity contribution in [1.82, 2.24) is 0 Å². The van der Waals surface area contributed by atoms with Crippen LogP contribution in [0.1, 0.15) is 36.8 Å². The number of rotatable bonds is 4. The zero-order valence-electron chi connectivity index (χ0n) is 10.1. The highest BCUT2D eigenvalue weighted by atomic mass is 16.5. The van der Waals surface area contributed by atoms with E-state index in [0.717, 1.165) is 23.2 Å². The van der Waals surface area contributed by atoms with Gasteiger partial charge in [-0.2, -0.15) is 0 Å². The van der Waals surface area contributed by atoms with Gasteiger partial charge in [-0.1, -0.05) is 19.1 Å². The second-order valence-corrected chi connectivity index (χ2v) is 3.95. The summed E-state index contributed by atoms with van der Waals surface area (Å²) in [5.74, 6) is 0.0182. The van der Waals surface area contributed by atoms with Gasteiger partial charge >= 0.3 is 5.97 Å². The van der Waals surface area contributed by atoms with Crippen LogP contribution in [0.4, 0.5) is 5.69 Å². The molecule has 0 saturated heterocycles. The Bertz CT molecular complexity index is 374. The van der Waals surface area contributed by atoms with Crippen molar-refractivity contribution in [1.29, 1.82) is 0 Å². The van der Waals surface area contributed by atoms with Gasteiger partial charge in [-0.05, 0) is 36.5 Å². The van der Waals surface area contributed by atoms with Crippen LogP contribution in [-0.4, -0.2) is 13.1 Å². The van der Waals surface area contributed by atoms with Gasteiger partial charge in [0, 0.05) is 5.69 Å². The molecule has 0 spiro atoms. The fourth-order valence-corrected chi connectivity index (χ4v) is 1.87. The largest absolute Gasteiger partial charge is 0.469 e. The smallest absolute Gasteiger partial charge is 0.306 e. The number of esters is 1. The van der Waals surface area contributed by atoms with Crippen LogP contribution in [0.2, 0.25) is 0 Å². The van der Waals surface area contributed by atoms with Gasteiger partial charge in [0.05, 0.1) is 13.5 Å². The summed E-state index contributed by atoms with van der Waals surface area (Å²) in [6.45, 7) is 4.06. The Balaban J connectivity index is 2.95.